The van der Waals surface area contributed by atoms with E-state index in [9.17, 15) is 4.79 Å². The van der Waals surface area contributed by atoms with Gasteiger partial charge in [0.25, 0.3) is 0 Å². The van der Waals surface area contributed by atoms with Gasteiger partial charge in [-0.25, -0.2) is 0 Å². The number of carbonyl (C=O) groups is 1. The molecule has 0 spiro atoms. The van der Waals surface area contributed by atoms with Crippen molar-refractivity contribution in [2.45, 2.75) is 44.7 Å². The molecule has 1 aliphatic rings. The Morgan fingerprint density at radius 2 is 2.17 bits per heavy atom. The Kier molecular flexibility index (Phi) is 4.31. The van der Waals surface area contributed by atoms with Crippen LogP contribution in [0.5, 0.6) is 0 Å². The maximum atomic E-state index is 10.9. The highest BCUT2D eigenvalue weighted by Crippen LogP contribution is 2.26. The number of aromatic nitrogens is 1. The zero-order chi connectivity index (χ0) is 13.0. The number of hydrogen-bond acceptors (Lipinski definition) is 3. The summed E-state index contributed by atoms with van der Waals surface area (Å²) in [6.45, 7) is 2.13. The molecule has 0 radical (unpaired) electrons. The highest BCUT2D eigenvalue weighted by Gasteiger charge is 2.26. The number of hydrogen-bond donors (Lipinski definition) is 2. The second-order valence-corrected chi connectivity index (χ2v) is 5.06. The van der Waals surface area contributed by atoms with E-state index in [-0.39, 0.29) is 12.0 Å². The van der Waals surface area contributed by atoms with Gasteiger partial charge in [0.2, 0.25) is 0 Å². The van der Waals surface area contributed by atoms with E-state index in [2.05, 4.69) is 23.3 Å². The fourth-order valence-electron chi connectivity index (χ4n) is 2.59. The highest BCUT2D eigenvalue weighted by molar-refractivity contribution is 5.70. The van der Waals surface area contributed by atoms with Crippen molar-refractivity contribution in [3.63, 3.8) is 0 Å². The molecular weight excluding hydrogens is 228 g/mol. The molecule has 2 N–H and O–H groups in total. The van der Waals surface area contributed by atoms with E-state index in [4.69, 9.17) is 5.11 Å². The molecule has 1 aliphatic carbocycles. The van der Waals surface area contributed by atoms with Gasteiger partial charge in [-0.2, -0.15) is 0 Å². The predicted octanol–water partition coefficient (Wildman–Crippen LogP) is 2.38. The van der Waals surface area contributed by atoms with Crippen LogP contribution >= 0.6 is 0 Å². The molecule has 1 atom stereocenters. The molecule has 1 fully saturated rings. The van der Waals surface area contributed by atoms with Crippen molar-refractivity contribution < 1.29 is 9.90 Å². The number of rotatable bonds is 4. The first-order valence-electron chi connectivity index (χ1n) is 6.55. The Bertz CT molecular complexity index is 386. The van der Waals surface area contributed by atoms with Crippen LogP contribution < -0.4 is 5.32 Å². The molecule has 0 amide bonds. The van der Waals surface area contributed by atoms with Gasteiger partial charge in [-0.15, -0.1) is 0 Å². The molecule has 98 valence electrons. The average molecular weight is 248 g/mol. The first kappa shape index (κ1) is 13.0. The zero-order valence-corrected chi connectivity index (χ0v) is 10.7. The van der Waals surface area contributed by atoms with Gasteiger partial charge in [-0.1, -0.05) is 6.07 Å². The molecule has 1 heterocycles. The first-order valence-corrected chi connectivity index (χ1v) is 6.55. The van der Waals surface area contributed by atoms with E-state index in [1.165, 1.54) is 5.56 Å². The normalized spacial score (nSPS) is 25.6. The van der Waals surface area contributed by atoms with Gasteiger partial charge in [0.15, 0.2) is 0 Å². The maximum absolute atomic E-state index is 10.9. The Morgan fingerprint density at radius 1 is 1.44 bits per heavy atom. The highest BCUT2D eigenvalue weighted by atomic mass is 16.4. The van der Waals surface area contributed by atoms with E-state index in [0.29, 0.717) is 6.04 Å². The molecule has 2 rings (SSSR count). The number of pyridine rings is 1. The Labute approximate surface area is 107 Å². The van der Waals surface area contributed by atoms with Gasteiger partial charge in [-0.3, -0.25) is 9.78 Å². The molecular formula is C14H20N2O2. The molecule has 0 bridgehead atoms. The minimum Gasteiger partial charge on any atom is -0.481 e. The third kappa shape index (κ3) is 3.29. The van der Waals surface area contributed by atoms with E-state index in [1.807, 2.05) is 12.3 Å². The van der Waals surface area contributed by atoms with Crippen molar-refractivity contribution in [2.75, 3.05) is 0 Å². The quantitative estimate of drug-likeness (QED) is 0.858. The minimum absolute atomic E-state index is 0.142. The van der Waals surface area contributed by atoms with E-state index >= 15 is 0 Å². The lowest BCUT2D eigenvalue weighted by Gasteiger charge is -2.29. The van der Waals surface area contributed by atoms with Crippen molar-refractivity contribution in [2.24, 2.45) is 5.92 Å². The van der Waals surface area contributed by atoms with Crippen LogP contribution in [0.3, 0.4) is 0 Å². The molecule has 1 aromatic heterocycles. The average Bonchev–Trinajstić information content (AvgIpc) is 2.40. The van der Waals surface area contributed by atoms with Crippen molar-refractivity contribution in [3.8, 4) is 0 Å². The van der Waals surface area contributed by atoms with E-state index in [1.54, 1.807) is 6.20 Å². The lowest BCUT2D eigenvalue weighted by molar-refractivity contribution is -0.142. The molecule has 4 heteroatoms. The summed E-state index contributed by atoms with van der Waals surface area (Å²) in [7, 11) is 0. The summed E-state index contributed by atoms with van der Waals surface area (Å²) in [5.41, 5.74) is 1.18. The first-order chi connectivity index (χ1) is 8.66. The van der Waals surface area contributed by atoms with Crippen LogP contribution in [0, 0.1) is 5.92 Å². The summed E-state index contributed by atoms with van der Waals surface area (Å²) >= 11 is 0. The van der Waals surface area contributed by atoms with E-state index in [0.717, 1.165) is 25.7 Å². The molecule has 0 saturated heterocycles. The summed E-state index contributed by atoms with van der Waals surface area (Å²) in [6, 6.07) is 4.70. The van der Waals surface area contributed by atoms with Gasteiger partial charge in [0, 0.05) is 24.5 Å². The zero-order valence-electron chi connectivity index (χ0n) is 10.7. The number of nitrogens with one attached hydrogen (secondary N) is 1. The summed E-state index contributed by atoms with van der Waals surface area (Å²) in [5.74, 6) is -0.787. The lowest BCUT2D eigenvalue weighted by Crippen LogP contribution is -2.36. The largest absolute Gasteiger partial charge is 0.481 e. The van der Waals surface area contributed by atoms with Crippen LogP contribution in [0.1, 0.15) is 44.2 Å². The predicted molar refractivity (Wildman–Crippen MR) is 69.2 cm³/mol. The number of carboxylic acids is 1. The van der Waals surface area contributed by atoms with Gasteiger partial charge in [0.1, 0.15) is 0 Å². The second-order valence-electron chi connectivity index (χ2n) is 5.06. The van der Waals surface area contributed by atoms with Gasteiger partial charge in [-0.05, 0) is 44.2 Å². The standard InChI is InChI=1S/C14H20N2O2/c1-10(12-3-2-8-15-9-12)16-13-6-4-11(5-7-13)14(17)18/h2-3,8-11,13,16H,4-7H2,1H3,(H,17,18). The number of carboxylic acid groups (broad SMARTS) is 1. The Morgan fingerprint density at radius 3 is 2.72 bits per heavy atom. The summed E-state index contributed by atoms with van der Waals surface area (Å²) in [5, 5.41) is 12.5. The minimum atomic E-state index is -0.645. The van der Waals surface area contributed by atoms with Gasteiger partial charge >= 0.3 is 5.97 Å². The van der Waals surface area contributed by atoms with Crippen LogP contribution in [-0.2, 0) is 4.79 Å². The van der Waals surface area contributed by atoms with Crippen LogP contribution in [0.2, 0.25) is 0 Å². The fraction of sp³-hybridized carbons (Fsp3) is 0.571. The summed E-state index contributed by atoms with van der Waals surface area (Å²) < 4.78 is 0. The SMILES string of the molecule is CC(NC1CCC(C(=O)O)CC1)c1cccnc1. The third-order valence-corrected chi connectivity index (χ3v) is 3.75. The van der Waals surface area contributed by atoms with Crippen LogP contribution in [0.4, 0.5) is 0 Å². The van der Waals surface area contributed by atoms with Crippen molar-refractivity contribution in [1.82, 2.24) is 10.3 Å². The third-order valence-electron chi connectivity index (χ3n) is 3.75. The second kappa shape index (κ2) is 5.96. The number of nitrogens with zero attached hydrogens (tertiary/aromatic N) is 1. The van der Waals surface area contributed by atoms with E-state index < -0.39 is 5.97 Å². The molecule has 1 unspecified atom stereocenters. The van der Waals surface area contributed by atoms with Gasteiger partial charge in [0.05, 0.1) is 5.92 Å². The van der Waals surface area contributed by atoms with Crippen LogP contribution in [0.15, 0.2) is 24.5 Å². The Hall–Kier alpha value is -1.42. The summed E-state index contributed by atoms with van der Waals surface area (Å²) in [4.78, 5) is 15.0. The fourth-order valence-corrected chi connectivity index (χ4v) is 2.59. The van der Waals surface area contributed by atoms with Crippen molar-refractivity contribution in [1.29, 1.82) is 0 Å². The van der Waals surface area contributed by atoms with Crippen LogP contribution in [-0.4, -0.2) is 22.1 Å². The lowest BCUT2D eigenvalue weighted by atomic mass is 9.85. The molecule has 1 saturated carbocycles. The van der Waals surface area contributed by atoms with Crippen LogP contribution in [0.25, 0.3) is 0 Å². The Balaban J connectivity index is 1.83. The topological polar surface area (TPSA) is 62.2 Å². The van der Waals surface area contributed by atoms with Crippen molar-refractivity contribution in [3.05, 3.63) is 30.1 Å². The molecule has 1 aromatic rings. The molecule has 0 aliphatic heterocycles. The molecule has 18 heavy (non-hydrogen) atoms. The smallest absolute Gasteiger partial charge is 0.306 e. The van der Waals surface area contributed by atoms with Crippen molar-refractivity contribution >= 4 is 5.97 Å². The maximum Gasteiger partial charge on any atom is 0.306 e. The number of aliphatic carboxylic acids is 1. The monoisotopic (exact) mass is 248 g/mol. The molecule has 0 aromatic carbocycles. The summed E-state index contributed by atoms with van der Waals surface area (Å²) in [6.07, 6.45) is 7.11. The van der Waals surface area contributed by atoms with Gasteiger partial charge < -0.3 is 10.4 Å². The molecule has 4 nitrogen and oxygen atoms in total.